The van der Waals surface area contributed by atoms with E-state index in [1.54, 1.807) is 13.8 Å². The molecule has 0 spiro atoms. The van der Waals surface area contributed by atoms with Crippen LogP contribution in [0, 0.1) is 5.92 Å². The second kappa shape index (κ2) is 6.51. The van der Waals surface area contributed by atoms with Crippen LogP contribution in [-0.4, -0.2) is 44.3 Å². The van der Waals surface area contributed by atoms with Crippen molar-refractivity contribution in [3.63, 3.8) is 0 Å². The molecule has 0 aliphatic heterocycles. The number of nitrogens with one attached hydrogen (secondary N) is 1. The van der Waals surface area contributed by atoms with E-state index < -0.39 is 15.9 Å². The number of rotatable bonds is 6. The van der Waals surface area contributed by atoms with E-state index in [1.807, 2.05) is 4.72 Å². The molecule has 1 rings (SSSR count). The van der Waals surface area contributed by atoms with Gasteiger partial charge in [-0.1, -0.05) is 13.8 Å². The quantitative estimate of drug-likeness (QED) is 0.800. The van der Waals surface area contributed by atoms with Gasteiger partial charge in [0.25, 0.3) is 0 Å². The number of nitrogens with zero attached hydrogens (tertiary/aromatic N) is 2. The van der Waals surface area contributed by atoms with Crippen LogP contribution in [0.15, 0.2) is 6.07 Å². The van der Waals surface area contributed by atoms with E-state index in [2.05, 4.69) is 9.97 Å². The fourth-order valence-corrected chi connectivity index (χ4v) is 2.72. The molecule has 0 radical (unpaired) electrons. The number of hydrogen-bond donors (Lipinski definition) is 1. The van der Waals surface area contributed by atoms with Crippen molar-refractivity contribution < 1.29 is 22.7 Å². The summed E-state index contributed by atoms with van der Waals surface area (Å²) in [6.45, 7) is 3.46. The van der Waals surface area contributed by atoms with Crippen LogP contribution in [-0.2, 0) is 10.0 Å². The van der Waals surface area contributed by atoms with E-state index in [9.17, 15) is 13.2 Å². The molecular formula is C11H17N3O5S. The first-order chi connectivity index (χ1) is 9.27. The van der Waals surface area contributed by atoms with Crippen LogP contribution in [0.25, 0.3) is 0 Å². The van der Waals surface area contributed by atoms with Crippen molar-refractivity contribution in [1.29, 1.82) is 0 Å². The lowest BCUT2D eigenvalue weighted by molar-refractivity contribution is 0.0969. The number of carbonyl (C=O) groups excluding carboxylic acids is 1. The van der Waals surface area contributed by atoms with Crippen LogP contribution in [0.4, 0.5) is 0 Å². The van der Waals surface area contributed by atoms with Gasteiger partial charge in [0.15, 0.2) is 0 Å². The number of sulfonamides is 1. The Balaban J connectivity index is 2.98. The van der Waals surface area contributed by atoms with Crippen molar-refractivity contribution in [3.8, 4) is 11.8 Å². The molecule has 0 unspecified atom stereocenters. The second-order valence-corrected chi connectivity index (χ2v) is 6.15. The minimum atomic E-state index is -3.73. The average Bonchev–Trinajstić information content (AvgIpc) is 2.35. The molecule has 112 valence electrons. The van der Waals surface area contributed by atoms with Crippen LogP contribution in [0.3, 0.4) is 0 Å². The highest BCUT2D eigenvalue weighted by molar-refractivity contribution is 7.90. The Bertz CT molecular complexity index is 563. The molecule has 9 heteroatoms. The molecule has 0 atom stereocenters. The molecule has 0 bridgehead atoms. The maximum atomic E-state index is 11.9. The zero-order chi connectivity index (χ0) is 15.3. The van der Waals surface area contributed by atoms with E-state index in [4.69, 9.17) is 9.47 Å². The molecule has 0 aromatic carbocycles. The summed E-state index contributed by atoms with van der Waals surface area (Å²) < 4.78 is 35.0. The van der Waals surface area contributed by atoms with E-state index in [0.717, 1.165) is 0 Å². The van der Waals surface area contributed by atoms with E-state index in [0.29, 0.717) is 0 Å². The number of aromatic nitrogens is 2. The van der Waals surface area contributed by atoms with Gasteiger partial charge in [-0.25, -0.2) is 13.1 Å². The van der Waals surface area contributed by atoms with Gasteiger partial charge in [-0.05, 0) is 5.92 Å². The highest BCUT2D eigenvalue weighted by atomic mass is 32.2. The molecule has 1 aromatic heterocycles. The smallest absolute Gasteiger partial charge is 0.302 e. The van der Waals surface area contributed by atoms with Gasteiger partial charge >= 0.3 is 5.91 Å². The fourth-order valence-electron chi connectivity index (χ4n) is 1.38. The number of amides is 1. The average molecular weight is 303 g/mol. The Kier molecular flexibility index (Phi) is 5.26. The standard InChI is InChI=1S/C11H17N3O5S/c1-7(2)6-20(16,17)14-11(15)10-12-8(18-3)5-9(13-10)19-4/h5,7H,6H2,1-4H3,(H,14,15). The van der Waals surface area contributed by atoms with Crippen LogP contribution >= 0.6 is 0 Å². The summed E-state index contributed by atoms with van der Waals surface area (Å²) in [7, 11) is -1.01. The molecule has 0 aliphatic carbocycles. The maximum Gasteiger partial charge on any atom is 0.302 e. The number of carbonyl (C=O) groups is 1. The van der Waals surface area contributed by atoms with Gasteiger partial charge < -0.3 is 9.47 Å². The van der Waals surface area contributed by atoms with Gasteiger partial charge in [-0.15, -0.1) is 0 Å². The number of hydrogen-bond acceptors (Lipinski definition) is 7. The number of ether oxygens (including phenoxy) is 2. The molecule has 1 amide bonds. The molecule has 20 heavy (non-hydrogen) atoms. The zero-order valence-electron chi connectivity index (χ0n) is 11.7. The third-order valence-electron chi connectivity index (χ3n) is 2.10. The summed E-state index contributed by atoms with van der Waals surface area (Å²) >= 11 is 0. The molecule has 1 N–H and O–H groups in total. The lowest BCUT2D eigenvalue weighted by atomic mass is 10.3. The fraction of sp³-hybridized carbons (Fsp3) is 0.545. The number of methoxy groups -OCH3 is 2. The van der Waals surface area contributed by atoms with Gasteiger partial charge in [-0.3, -0.25) is 4.79 Å². The molecule has 8 nitrogen and oxygen atoms in total. The summed E-state index contributed by atoms with van der Waals surface area (Å²) in [5.74, 6) is -1.34. The van der Waals surface area contributed by atoms with Crippen molar-refractivity contribution >= 4 is 15.9 Å². The highest BCUT2D eigenvalue weighted by Crippen LogP contribution is 2.14. The zero-order valence-corrected chi connectivity index (χ0v) is 12.5. The first kappa shape index (κ1) is 16.2. The van der Waals surface area contributed by atoms with Crippen LogP contribution < -0.4 is 14.2 Å². The molecule has 1 aromatic rings. The van der Waals surface area contributed by atoms with Crippen LogP contribution in [0.2, 0.25) is 0 Å². The summed E-state index contributed by atoms with van der Waals surface area (Å²) in [4.78, 5) is 19.4. The first-order valence-electron chi connectivity index (χ1n) is 5.79. The Morgan fingerprint density at radius 2 is 1.75 bits per heavy atom. The second-order valence-electron chi connectivity index (χ2n) is 4.38. The van der Waals surface area contributed by atoms with Crippen molar-refractivity contribution in [3.05, 3.63) is 11.9 Å². The largest absolute Gasteiger partial charge is 0.481 e. The van der Waals surface area contributed by atoms with E-state index in [1.165, 1.54) is 20.3 Å². The van der Waals surface area contributed by atoms with Crippen LogP contribution in [0.1, 0.15) is 24.5 Å². The Morgan fingerprint density at radius 3 is 2.15 bits per heavy atom. The Hall–Kier alpha value is -1.90. The summed E-state index contributed by atoms with van der Waals surface area (Å²) in [5, 5.41) is 0. The van der Waals surface area contributed by atoms with Crippen LogP contribution in [0.5, 0.6) is 11.8 Å². The van der Waals surface area contributed by atoms with Crippen molar-refractivity contribution in [2.24, 2.45) is 5.92 Å². The van der Waals surface area contributed by atoms with Gasteiger partial charge in [-0.2, -0.15) is 9.97 Å². The van der Waals surface area contributed by atoms with Gasteiger partial charge in [0.2, 0.25) is 27.6 Å². The summed E-state index contributed by atoms with van der Waals surface area (Å²) in [6, 6.07) is 1.37. The molecule has 0 aliphatic rings. The van der Waals surface area contributed by atoms with E-state index >= 15 is 0 Å². The van der Waals surface area contributed by atoms with Crippen molar-refractivity contribution in [1.82, 2.24) is 14.7 Å². The van der Waals surface area contributed by atoms with E-state index in [-0.39, 0.29) is 29.3 Å². The molecule has 1 heterocycles. The van der Waals surface area contributed by atoms with Gasteiger partial charge in [0.1, 0.15) is 0 Å². The molecule has 0 saturated heterocycles. The summed E-state index contributed by atoms with van der Waals surface area (Å²) in [5.41, 5.74) is 0. The normalized spacial score (nSPS) is 11.2. The third kappa shape index (κ3) is 4.65. The van der Waals surface area contributed by atoms with Gasteiger partial charge in [0.05, 0.1) is 26.0 Å². The first-order valence-corrected chi connectivity index (χ1v) is 7.44. The molecular weight excluding hydrogens is 286 g/mol. The Morgan fingerprint density at radius 1 is 1.25 bits per heavy atom. The topological polar surface area (TPSA) is 107 Å². The third-order valence-corrected chi connectivity index (χ3v) is 3.70. The summed E-state index contributed by atoms with van der Waals surface area (Å²) in [6.07, 6.45) is 0. The highest BCUT2D eigenvalue weighted by Gasteiger charge is 2.21. The molecule has 0 fully saturated rings. The lowest BCUT2D eigenvalue weighted by Gasteiger charge is -2.09. The van der Waals surface area contributed by atoms with Crippen molar-refractivity contribution in [2.45, 2.75) is 13.8 Å². The minimum Gasteiger partial charge on any atom is -0.481 e. The monoisotopic (exact) mass is 303 g/mol. The maximum absolute atomic E-state index is 11.9. The minimum absolute atomic E-state index is 0.100. The SMILES string of the molecule is COc1cc(OC)nc(C(=O)NS(=O)(=O)CC(C)C)n1. The lowest BCUT2D eigenvalue weighted by Crippen LogP contribution is -2.35. The Labute approximate surface area is 117 Å². The predicted molar refractivity (Wildman–Crippen MR) is 71.2 cm³/mol. The predicted octanol–water partition coefficient (Wildman–Crippen LogP) is 0.209. The van der Waals surface area contributed by atoms with Crippen molar-refractivity contribution in [2.75, 3.05) is 20.0 Å². The van der Waals surface area contributed by atoms with Gasteiger partial charge in [0, 0.05) is 0 Å². The molecule has 0 saturated carbocycles.